The number of carboxylic acids is 1. The third-order valence-corrected chi connectivity index (χ3v) is 5.89. The van der Waals surface area contributed by atoms with Gasteiger partial charge in [0.05, 0.1) is 16.6 Å². The molecule has 1 atom stereocenters. The monoisotopic (exact) mass is 494 g/mol. The maximum atomic E-state index is 11.7. The summed E-state index contributed by atoms with van der Waals surface area (Å²) >= 11 is 3.61. The van der Waals surface area contributed by atoms with Crippen LogP contribution >= 0.6 is 15.9 Å². The van der Waals surface area contributed by atoms with Crippen LogP contribution in [0.4, 0.5) is 0 Å². The molecule has 0 fully saturated rings. The molecule has 5 heteroatoms. The molecule has 0 aliphatic rings. The second kappa shape index (κ2) is 11.0. The molecule has 0 bridgehead atoms. The summed E-state index contributed by atoms with van der Waals surface area (Å²) < 4.78 is 12.4. The summed E-state index contributed by atoms with van der Waals surface area (Å²) in [6.45, 7) is 9.01. The van der Waals surface area contributed by atoms with Crippen molar-refractivity contribution in [1.29, 1.82) is 0 Å². The maximum Gasteiger partial charge on any atom is 0.336 e. The molecule has 0 aliphatic heterocycles. The molecule has 1 unspecified atom stereocenters. The maximum absolute atomic E-state index is 11.7. The Kier molecular flexibility index (Phi) is 8.12. The van der Waals surface area contributed by atoms with E-state index in [0.29, 0.717) is 30.4 Å². The Morgan fingerprint density at radius 2 is 1.72 bits per heavy atom. The van der Waals surface area contributed by atoms with Gasteiger partial charge in [0.15, 0.2) is 0 Å². The lowest BCUT2D eigenvalue weighted by Crippen LogP contribution is -2.07. The van der Waals surface area contributed by atoms with Crippen molar-refractivity contribution in [3.63, 3.8) is 0 Å². The lowest BCUT2D eigenvalue weighted by atomic mass is 9.96. The van der Waals surface area contributed by atoms with Crippen LogP contribution in [0, 0.1) is 5.92 Å². The summed E-state index contributed by atoms with van der Waals surface area (Å²) in [6.07, 6.45) is 2.73. The topological polar surface area (TPSA) is 55.8 Å². The van der Waals surface area contributed by atoms with Crippen LogP contribution in [-0.4, -0.2) is 24.3 Å². The molecule has 3 aromatic carbocycles. The summed E-state index contributed by atoms with van der Waals surface area (Å²) in [7, 11) is 0. The van der Waals surface area contributed by atoms with Gasteiger partial charge in [-0.2, -0.15) is 0 Å². The van der Waals surface area contributed by atoms with E-state index in [-0.39, 0.29) is 5.56 Å². The largest absolute Gasteiger partial charge is 0.492 e. The van der Waals surface area contributed by atoms with Gasteiger partial charge in [0.1, 0.15) is 18.1 Å². The number of rotatable bonds is 10. The molecule has 3 rings (SSSR count). The normalized spacial score (nSPS) is 11.6. The van der Waals surface area contributed by atoms with E-state index in [1.54, 1.807) is 24.3 Å². The lowest BCUT2D eigenvalue weighted by Gasteiger charge is -2.14. The Morgan fingerprint density at radius 1 is 1.03 bits per heavy atom. The molecule has 166 valence electrons. The van der Waals surface area contributed by atoms with E-state index in [2.05, 4.69) is 36.4 Å². The molecule has 0 aliphatic carbocycles. The van der Waals surface area contributed by atoms with Crippen molar-refractivity contribution in [1.82, 2.24) is 0 Å². The quantitative estimate of drug-likeness (QED) is 0.297. The van der Waals surface area contributed by atoms with E-state index in [4.69, 9.17) is 9.47 Å². The van der Waals surface area contributed by atoms with Crippen molar-refractivity contribution in [3.8, 4) is 33.8 Å². The van der Waals surface area contributed by atoms with Gasteiger partial charge in [0.2, 0.25) is 0 Å². The Labute approximate surface area is 197 Å². The van der Waals surface area contributed by atoms with Crippen LogP contribution in [0.5, 0.6) is 11.5 Å². The van der Waals surface area contributed by atoms with Crippen LogP contribution < -0.4 is 9.47 Å². The molecular weight excluding hydrogens is 468 g/mol. The minimum Gasteiger partial charge on any atom is -0.492 e. The molecule has 0 amide bonds. The third kappa shape index (κ3) is 5.80. The van der Waals surface area contributed by atoms with E-state index in [0.717, 1.165) is 33.3 Å². The van der Waals surface area contributed by atoms with Gasteiger partial charge >= 0.3 is 5.97 Å². The highest BCUT2D eigenvalue weighted by Gasteiger charge is 2.14. The number of aromatic carboxylic acids is 1. The highest BCUT2D eigenvalue weighted by atomic mass is 79.9. The first-order valence-electron chi connectivity index (χ1n) is 10.6. The van der Waals surface area contributed by atoms with Crippen LogP contribution in [0.2, 0.25) is 0 Å². The predicted octanol–water partition coefficient (Wildman–Crippen LogP) is 7.47. The zero-order valence-corrected chi connectivity index (χ0v) is 19.9. The zero-order valence-electron chi connectivity index (χ0n) is 18.3. The van der Waals surface area contributed by atoms with Crippen molar-refractivity contribution in [2.45, 2.75) is 20.3 Å². The first-order valence-corrected chi connectivity index (χ1v) is 11.4. The van der Waals surface area contributed by atoms with Crippen molar-refractivity contribution in [3.05, 3.63) is 83.4 Å². The van der Waals surface area contributed by atoms with Gasteiger partial charge in [0.25, 0.3) is 0 Å². The molecule has 3 aromatic rings. The molecular formula is C27H27BrO4. The molecule has 4 nitrogen and oxygen atoms in total. The number of ether oxygens (including phenoxy) is 2. The van der Waals surface area contributed by atoms with E-state index in [1.165, 1.54) is 0 Å². The second-order valence-electron chi connectivity index (χ2n) is 7.66. The van der Waals surface area contributed by atoms with Crippen LogP contribution in [0.15, 0.2) is 77.8 Å². The van der Waals surface area contributed by atoms with E-state index >= 15 is 0 Å². The average Bonchev–Trinajstić information content (AvgIpc) is 2.81. The Morgan fingerprint density at radius 3 is 2.34 bits per heavy atom. The van der Waals surface area contributed by atoms with Gasteiger partial charge in [-0.1, -0.05) is 63.3 Å². The molecule has 0 radical (unpaired) electrons. The van der Waals surface area contributed by atoms with Crippen molar-refractivity contribution in [2.75, 3.05) is 13.2 Å². The molecule has 0 spiro atoms. The number of hydrogen-bond donors (Lipinski definition) is 1. The van der Waals surface area contributed by atoms with Crippen molar-refractivity contribution in [2.24, 2.45) is 5.92 Å². The molecule has 0 saturated heterocycles. The number of hydrogen-bond acceptors (Lipinski definition) is 3. The molecule has 0 saturated carbocycles. The number of halogens is 1. The zero-order chi connectivity index (χ0) is 23.1. The fraction of sp³-hybridized carbons (Fsp3) is 0.222. The van der Waals surface area contributed by atoms with Gasteiger partial charge in [-0.05, 0) is 74.4 Å². The lowest BCUT2D eigenvalue weighted by molar-refractivity contribution is 0.0697. The average molecular weight is 495 g/mol. The van der Waals surface area contributed by atoms with Gasteiger partial charge in [-0.15, -0.1) is 0 Å². The van der Waals surface area contributed by atoms with Crippen molar-refractivity contribution >= 4 is 21.9 Å². The standard InChI is InChI=1S/C27H27BrO4/c1-4-14-31-22-11-12-23(27(29)30)24(16-22)20-8-6-19(7-9-20)21-10-13-26(25(28)15-21)32-17-18(3)5-2/h4,6-13,15-16,18H,1,5,14,17H2,2-3H3,(H,29,30). The number of carboxylic acid groups (broad SMARTS) is 1. The fourth-order valence-corrected chi connectivity index (χ4v) is 3.68. The summed E-state index contributed by atoms with van der Waals surface area (Å²) in [5.41, 5.74) is 3.72. The minimum atomic E-state index is -0.976. The number of benzene rings is 3. The highest BCUT2D eigenvalue weighted by Crippen LogP contribution is 2.33. The Hall–Kier alpha value is -3.05. The highest BCUT2D eigenvalue weighted by molar-refractivity contribution is 9.10. The van der Waals surface area contributed by atoms with Gasteiger partial charge in [-0.25, -0.2) is 4.79 Å². The second-order valence-corrected chi connectivity index (χ2v) is 8.51. The molecule has 1 N–H and O–H groups in total. The van der Waals surface area contributed by atoms with Crippen molar-refractivity contribution < 1.29 is 19.4 Å². The summed E-state index contributed by atoms with van der Waals surface area (Å²) in [6, 6.07) is 18.8. The minimum absolute atomic E-state index is 0.231. The van der Waals surface area contributed by atoms with E-state index in [1.807, 2.05) is 42.5 Å². The van der Waals surface area contributed by atoms with Gasteiger partial charge in [0, 0.05) is 0 Å². The van der Waals surface area contributed by atoms with Crippen LogP contribution in [0.25, 0.3) is 22.3 Å². The first-order chi connectivity index (χ1) is 15.4. The smallest absolute Gasteiger partial charge is 0.336 e. The molecule has 32 heavy (non-hydrogen) atoms. The van der Waals surface area contributed by atoms with E-state index < -0.39 is 5.97 Å². The fourth-order valence-electron chi connectivity index (χ4n) is 3.18. The third-order valence-electron chi connectivity index (χ3n) is 5.27. The Balaban J connectivity index is 1.86. The summed E-state index contributed by atoms with van der Waals surface area (Å²) in [5.74, 6) is 0.959. The molecule has 0 heterocycles. The number of carbonyl (C=O) groups is 1. The molecule has 0 aromatic heterocycles. The Bertz CT molecular complexity index is 1090. The van der Waals surface area contributed by atoms with Crippen LogP contribution in [0.3, 0.4) is 0 Å². The van der Waals surface area contributed by atoms with Gasteiger partial charge < -0.3 is 14.6 Å². The van der Waals surface area contributed by atoms with Gasteiger partial charge in [-0.3, -0.25) is 0 Å². The van der Waals surface area contributed by atoms with Crippen LogP contribution in [0.1, 0.15) is 30.6 Å². The van der Waals surface area contributed by atoms with Crippen LogP contribution in [-0.2, 0) is 0 Å². The van der Waals surface area contributed by atoms with E-state index in [9.17, 15) is 9.90 Å². The first kappa shape index (κ1) is 23.6. The summed E-state index contributed by atoms with van der Waals surface area (Å²) in [5, 5.41) is 9.60. The predicted molar refractivity (Wildman–Crippen MR) is 133 cm³/mol. The SMILES string of the molecule is C=CCOc1ccc(C(=O)O)c(-c2ccc(-c3ccc(OCC(C)CC)c(Br)c3)cc2)c1. The summed E-state index contributed by atoms with van der Waals surface area (Å²) in [4.78, 5) is 11.7.